The summed E-state index contributed by atoms with van der Waals surface area (Å²) in [7, 11) is 0. The van der Waals surface area contributed by atoms with Gasteiger partial charge in [0, 0.05) is 35.7 Å². The molecule has 0 fully saturated rings. The molecule has 2 aromatic rings. The Hall–Kier alpha value is -3.35. The molecule has 0 bridgehead atoms. The first-order chi connectivity index (χ1) is 12.9. The maximum atomic E-state index is 9.55. The van der Waals surface area contributed by atoms with Crippen molar-refractivity contribution in [2.75, 3.05) is 6.54 Å². The number of carbonyl (C=O) groups is 2. The summed E-state index contributed by atoms with van der Waals surface area (Å²) < 4.78 is 10.6. The third-order valence-corrected chi connectivity index (χ3v) is 3.15. The van der Waals surface area contributed by atoms with Crippen LogP contribution in [-0.2, 0) is 9.59 Å². The Morgan fingerprint density at radius 3 is 2.48 bits per heavy atom. The van der Waals surface area contributed by atoms with Crippen molar-refractivity contribution in [3.63, 3.8) is 0 Å². The third kappa shape index (κ3) is 8.04. The van der Waals surface area contributed by atoms with Gasteiger partial charge in [0.15, 0.2) is 0 Å². The number of aromatic nitrogens is 1. The van der Waals surface area contributed by atoms with E-state index in [4.69, 9.17) is 42.1 Å². The minimum Gasteiger partial charge on any atom is -0.482 e. The number of hydrogen-bond acceptors (Lipinski definition) is 7. The predicted molar refractivity (Wildman–Crippen MR) is 94.1 cm³/mol. The first-order valence-electron chi connectivity index (χ1n) is 7.48. The van der Waals surface area contributed by atoms with Gasteiger partial charge in [0.2, 0.25) is 0 Å². The smallest absolute Gasteiger partial charge is 0.328 e. The van der Waals surface area contributed by atoms with Gasteiger partial charge in [0.25, 0.3) is 0 Å². The van der Waals surface area contributed by atoms with Crippen molar-refractivity contribution < 1.29 is 29.1 Å². The van der Waals surface area contributed by atoms with Crippen LogP contribution < -0.4 is 10.5 Å². The van der Waals surface area contributed by atoms with Gasteiger partial charge in [-0.15, -0.1) is 0 Å². The largest absolute Gasteiger partial charge is 0.482 e. The van der Waals surface area contributed by atoms with E-state index in [1.807, 2.05) is 0 Å². The van der Waals surface area contributed by atoms with Gasteiger partial charge in [0.1, 0.15) is 29.9 Å². The quantitative estimate of drug-likeness (QED) is 0.599. The van der Waals surface area contributed by atoms with Gasteiger partial charge in [-0.05, 0) is 18.7 Å². The summed E-state index contributed by atoms with van der Waals surface area (Å²) in [5.41, 5.74) is 6.61. The van der Waals surface area contributed by atoms with E-state index in [0.29, 0.717) is 47.1 Å². The Morgan fingerprint density at radius 2 is 2.00 bits per heavy atom. The molecule has 0 radical (unpaired) electrons. The standard InChI is InChI=1S/C13H12ClN3O2.C4H4O4/c14-10-2-1-9(8-16)13(7-10)19-12(3-5-15)11-4-6-18-17-11;5-3(6)1-2-4(7)8/h1-2,4,6-7,12H,3,5,15H2;1-2H,(H,5,6)(H,7,8)/b;2-1+/t12-;/m1./s1. The second-order valence-corrected chi connectivity index (χ2v) is 5.31. The van der Waals surface area contributed by atoms with Crippen molar-refractivity contribution in [3.05, 3.63) is 59.0 Å². The summed E-state index contributed by atoms with van der Waals surface area (Å²) in [6.45, 7) is 0.431. The molecule has 1 aromatic heterocycles. The van der Waals surface area contributed by atoms with E-state index in [1.165, 1.54) is 6.26 Å². The van der Waals surface area contributed by atoms with Crippen molar-refractivity contribution >= 4 is 23.5 Å². The molecule has 4 N–H and O–H groups in total. The number of aliphatic carboxylic acids is 2. The fourth-order valence-electron chi connectivity index (χ4n) is 1.79. The van der Waals surface area contributed by atoms with E-state index in [-0.39, 0.29) is 6.10 Å². The molecular formula is C17H16ClN3O6. The average Bonchev–Trinajstić information content (AvgIpc) is 3.15. The number of ether oxygens (including phenoxy) is 1. The van der Waals surface area contributed by atoms with Crippen LogP contribution in [0.15, 0.2) is 47.2 Å². The molecule has 0 amide bonds. The van der Waals surface area contributed by atoms with Crippen LogP contribution in [0.4, 0.5) is 0 Å². The average molecular weight is 394 g/mol. The van der Waals surface area contributed by atoms with Crippen molar-refractivity contribution in [1.82, 2.24) is 5.16 Å². The molecule has 9 nitrogen and oxygen atoms in total. The zero-order valence-electron chi connectivity index (χ0n) is 13.9. The van der Waals surface area contributed by atoms with Gasteiger partial charge in [-0.2, -0.15) is 5.26 Å². The lowest BCUT2D eigenvalue weighted by atomic mass is 10.1. The van der Waals surface area contributed by atoms with Gasteiger partial charge < -0.3 is 25.2 Å². The highest BCUT2D eigenvalue weighted by atomic mass is 35.5. The molecule has 10 heteroatoms. The highest BCUT2D eigenvalue weighted by Crippen LogP contribution is 2.28. The minimum atomic E-state index is -1.26. The number of rotatable bonds is 7. The number of halogens is 1. The maximum Gasteiger partial charge on any atom is 0.328 e. The zero-order valence-corrected chi connectivity index (χ0v) is 14.7. The number of hydrogen-bond donors (Lipinski definition) is 3. The summed E-state index contributed by atoms with van der Waals surface area (Å²) in [5.74, 6) is -2.10. The van der Waals surface area contributed by atoms with Gasteiger partial charge in [0.05, 0.1) is 5.56 Å². The van der Waals surface area contributed by atoms with E-state index in [2.05, 4.69) is 11.2 Å². The molecule has 1 atom stereocenters. The highest BCUT2D eigenvalue weighted by Gasteiger charge is 2.17. The molecule has 1 aromatic carbocycles. The van der Waals surface area contributed by atoms with Crippen molar-refractivity contribution in [3.8, 4) is 11.8 Å². The first-order valence-corrected chi connectivity index (χ1v) is 7.85. The van der Waals surface area contributed by atoms with Gasteiger partial charge in [-0.1, -0.05) is 16.8 Å². The number of nitrogens with zero attached hydrogens (tertiary/aromatic N) is 2. The van der Waals surface area contributed by atoms with E-state index in [9.17, 15) is 9.59 Å². The number of nitrogens with two attached hydrogens (primary N) is 1. The topological polar surface area (TPSA) is 160 Å². The second-order valence-electron chi connectivity index (χ2n) is 4.87. The maximum absolute atomic E-state index is 9.55. The van der Waals surface area contributed by atoms with Crippen LogP contribution in [0.5, 0.6) is 5.75 Å². The summed E-state index contributed by atoms with van der Waals surface area (Å²) in [6.07, 6.45) is 2.77. The minimum absolute atomic E-state index is 0.366. The Labute approximate surface area is 159 Å². The fourth-order valence-corrected chi connectivity index (χ4v) is 1.95. The molecule has 0 aliphatic rings. The summed E-state index contributed by atoms with van der Waals surface area (Å²) in [4.78, 5) is 19.1. The molecule has 0 aliphatic heterocycles. The van der Waals surface area contributed by atoms with Crippen LogP contribution in [0.25, 0.3) is 0 Å². The lowest BCUT2D eigenvalue weighted by molar-refractivity contribution is -0.134. The molecule has 0 aliphatic carbocycles. The number of benzene rings is 1. The molecular weight excluding hydrogens is 378 g/mol. The summed E-state index contributed by atoms with van der Waals surface area (Å²) >= 11 is 5.91. The molecule has 27 heavy (non-hydrogen) atoms. The molecule has 0 saturated heterocycles. The van der Waals surface area contributed by atoms with Gasteiger partial charge >= 0.3 is 11.9 Å². The monoisotopic (exact) mass is 393 g/mol. The van der Waals surface area contributed by atoms with Crippen LogP contribution in [0, 0.1) is 11.3 Å². The SMILES string of the molecule is N#Cc1ccc(Cl)cc1O[C@H](CCN)c1ccon1.O=C(O)/C=C/C(=O)O. The molecule has 142 valence electrons. The fraction of sp³-hybridized carbons (Fsp3) is 0.176. The van der Waals surface area contributed by atoms with Crippen LogP contribution >= 0.6 is 11.6 Å². The van der Waals surface area contributed by atoms with Crippen molar-refractivity contribution in [2.24, 2.45) is 5.73 Å². The van der Waals surface area contributed by atoms with Crippen LogP contribution in [0.1, 0.15) is 23.8 Å². The lowest BCUT2D eigenvalue weighted by Crippen LogP contribution is -2.14. The van der Waals surface area contributed by atoms with Crippen LogP contribution in [0.3, 0.4) is 0 Å². The Morgan fingerprint density at radius 1 is 1.33 bits per heavy atom. The highest BCUT2D eigenvalue weighted by molar-refractivity contribution is 6.30. The molecule has 1 heterocycles. The molecule has 0 saturated carbocycles. The molecule has 2 rings (SSSR count). The van der Waals surface area contributed by atoms with E-state index >= 15 is 0 Å². The number of nitriles is 1. The first kappa shape index (κ1) is 21.7. The van der Waals surface area contributed by atoms with Crippen LogP contribution in [-0.4, -0.2) is 33.9 Å². The Bertz CT molecular complexity index is 814. The zero-order chi connectivity index (χ0) is 20.2. The van der Waals surface area contributed by atoms with Gasteiger partial charge in [-0.25, -0.2) is 9.59 Å². The number of carboxylic acids is 2. The predicted octanol–water partition coefficient (Wildman–Crippen LogP) is 2.38. The van der Waals surface area contributed by atoms with Gasteiger partial charge in [-0.3, -0.25) is 0 Å². The molecule has 0 unspecified atom stereocenters. The Kier molecular flexibility index (Phi) is 9.08. The van der Waals surface area contributed by atoms with E-state index in [1.54, 1.807) is 24.3 Å². The number of carboxylic acid groups (broad SMARTS) is 2. The normalized spacial score (nSPS) is 11.1. The van der Waals surface area contributed by atoms with Crippen molar-refractivity contribution in [2.45, 2.75) is 12.5 Å². The second kappa shape index (κ2) is 11.3. The van der Waals surface area contributed by atoms with Crippen molar-refractivity contribution in [1.29, 1.82) is 5.26 Å². The molecule has 0 spiro atoms. The van der Waals surface area contributed by atoms with E-state index in [0.717, 1.165) is 0 Å². The summed E-state index contributed by atoms with van der Waals surface area (Å²) in [6, 6.07) is 8.61. The summed E-state index contributed by atoms with van der Waals surface area (Å²) in [5, 5.41) is 29.0. The Balaban J connectivity index is 0.000000387. The van der Waals surface area contributed by atoms with E-state index < -0.39 is 11.9 Å². The lowest BCUT2D eigenvalue weighted by Gasteiger charge is -2.17. The van der Waals surface area contributed by atoms with Crippen LogP contribution in [0.2, 0.25) is 5.02 Å². The third-order valence-electron chi connectivity index (χ3n) is 2.92.